The van der Waals surface area contributed by atoms with Crippen LogP contribution in [0.5, 0.6) is 0 Å². The summed E-state index contributed by atoms with van der Waals surface area (Å²) in [5, 5.41) is -0.277. The Morgan fingerprint density at radius 3 is 2.67 bits per heavy atom. The molecule has 0 aliphatic rings. The van der Waals surface area contributed by atoms with Gasteiger partial charge in [0.05, 0.1) is 16.4 Å². The molecule has 1 unspecified atom stereocenters. The minimum atomic E-state index is -0.288. The van der Waals surface area contributed by atoms with Crippen molar-refractivity contribution in [2.75, 3.05) is 0 Å². The number of hydrogen-bond acceptors (Lipinski definition) is 1. The lowest BCUT2D eigenvalue weighted by Gasteiger charge is -2.12. The molecule has 1 heterocycles. The van der Waals surface area contributed by atoms with Gasteiger partial charge in [-0.25, -0.2) is 9.37 Å². The van der Waals surface area contributed by atoms with Crippen molar-refractivity contribution in [3.05, 3.63) is 58.1 Å². The number of aryl methyl sites for hydroxylation is 1. The van der Waals surface area contributed by atoms with Gasteiger partial charge in [0.15, 0.2) is 0 Å². The summed E-state index contributed by atoms with van der Waals surface area (Å²) in [7, 11) is 0. The zero-order valence-electron chi connectivity index (χ0n) is 11.6. The molecule has 2 nitrogen and oxygen atoms in total. The van der Waals surface area contributed by atoms with Crippen molar-refractivity contribution >= 4 is 38.6 Å². The van der Waals surface area contributed by atoms with Crippen LogP contribution in [-0.4, -0.2) is 9.55 Å². The Hall–Kier alpha value is -1.39. The van der Waals surface area contributed by atoms with Gasteiger partial charge in [-0.3, -0.25) is 4.57 Å². The summed E-state index contributed by atoms with van der Waals surface area (Å²) in [6.07, 6.45) is 0. The Labute approximate surface area is 135 Å². The quantitative estimate of drug-likeness (QED) is 0.544. The van der Waals surface area contributed by atoms with Crippen molar-refractivity contribution in [3.8, 4) is 5.69 Å². The van der Waals surface area contributed by atoms with E-state index in [2.05, 4.69) is 20.9 Å². The second-order valence-corrected chi connectivity index (χ2v) is 6.50. The molecular formula is C16H13BrClFN2. The van der Waals surface area contributed by atoms with E-state index in [1.54, 1.807) is 6.07 Å². The molecule has 108 valence electrons. The molecule has 0 spiro atoms. The van der Waals surface area contributed by atoms with E-state index < -0.39 is 0 Å². The monoisotopic (exact) mass is 366 g/mol. The number of fused-ring (bicyclic) bond motifs is 1. The van der Waals surface area contributed by atoms with Gasteiger partial charge < -0.3 is 0 Å². The molecule has 0 aliphatic carbocycles. The Bertz CT molecular complexity index is 827. The number of alkyl halides is 1. The van der Waals surface area contributed by atoms with E-state index in [4.69, 9.17) is 11.6 Å². The number of nitrogens with zero attached hydrogens (tertiary/aromatic N) is 2. The average molecular weight is 368 g/mol. The molecule has 0 amide bonds. The molecule has 1 aromatic heterocycles. The summed E-state index contributed by atoms with van der Waals surface area (Å²) in [6.45, 7) is 3.88. The zero-order valence-corrected chi connectivity index (χ0v) is 13.9. The maximum Gasteiger partial charge on any atom is 0.132 e. The molecule has 0 fully saturated rings. The summed E-state index contributed by atoms with van der Waals surface area (Å²) in [5.41, 5.74) is 3.49. The standard InChI is InChI=1S/C16H13BrClFN2/c1-9-3-5-12(8-13(9)17)21-15-7-11(19)4-6-14(15)20-16(21)10(2)18/h3-8,10H,1-2H3. The highest BCUT2D eigenvalue weighted by atomic mass is 79.9. The lowest BCUT2D eigenvalue weighted by atomic mass is 10.2. The first-order chi connectivity index (χ1) is 9.97. The lowest BCUT2D eigenvalue weighted by Crippen LogP contribution is -2.02. The Morgan fingerprint density at radius 2 is 2.00 bits per heavy atom. The first-order valence-electron chi connectivity index (χ1n) is 6.56. The number of hydrogen-bond donors (Lipinski definition) is 0. The maximum atomic E-state index is 13.6. The second-order valence-electron chi connectivity index (χ2n) is 4.99. The van der Waals surface area contributed by atoms with Gasteiger partial charge in [0.2, 0.25) is 0 Å². The van der Waals surface area contributed by atoms with Crippen LogP contribution >= 0.6 is 27.5 Å². The van der Waals surface area contributed by atoms with Crippen molar-refractivity contribution in [1.82, 2.24) is 9.55 Å². The van der Waals surface area contributed by atoms with Crippen LogP contribution in [-0.2, 0) is 0 Å². The van der Waals surface area contributed by atoms with Crippen LogP contribution in [0.3, 0.4) is 0 Å². The molecule has 0 bridgehead atoms. The van der Waals surface area contributed by atoms with Gasteiger partial charge in [-0.1, -0.05) is 22.0 Å². The first kappa shape index (κ1) is 14.5. The van der Waals surface area contributed by atoms with Crippen LogP contribution in [0.15, 0.2) is 40.9 Å². The van der Waals surface area contributed by atoms with Gasteiger partial charge >= 0.3 is 0 Å². The van der Waals surface area contributed by atoms with Crippen molar-refractivity contribution < 1.29 is 4.39 Å². The summed E-state index contributed by atoms with van der Waals surface area (Å²) in [6, 6.07) is 10.5. The molecule has 2 aromatic carbocycles. The van der Waals surface area contributed by atoms with Crippen LogP contribution < -0.4 is 0 Å². The highest BCUT2D eigenvalue weighted by molar-refractivity contribution is 9.10. The normalized spacial score (nSPS) is 12.8. The number of rotatable bonds is 2. The maximum absolute atomic E-state index is 13.6. The van der Waals surface area contributed by atoms with E-state index in [1.165, 1.54) is 12.1 Å². The van der Waals surface area contributed by atoms with Gasteiger partial charge in [-0.05, 0) is 43.7 Å². The minimum Gasteiger partial charge on any atom is -0.295 e. The number of halogens is 3. The van der Waals surface area contributed by atoms with Crippen LogP contribution in [0, 0.1) is 12.7 Å². The molecule has 0 saturated carbocycles. The van der Waals surface area contributed by atoms with Crippen LogP contribution in [0.2, 0.25) is 0 Å². The van der Waals surface area contributed by atoms with Crippen LogP contribution in [0.4, 0.5) is 4.39 Å². The van der Waals surface area contributed by atoms with E-state index in [1.807, 2.05) is 36.6 Å². The Morgan fingerprint density at radius 1 is 1.24 bits per heavy atom. The van der Waals surface area contributed by atoms with Gasteiger partial charge in [0, 0.05) is 16.2 Å². The SMILES string of the molecule is Cc1ccc(-n2c(C(C)Cl)nc3ccc(F)cc32)cc1Br. The third kappa shape index (κ3) is 2.58. The molecule has 21 heavy (non-hydrogen) atoms. The highest BCUT2D eigenvalue weighted by Crippen LogP contribution is 2.30. The lowest BCUT2D eigenvalue weighted by molar-refractivity contribution is 0.629. The molecule has 3 aromatic rings. The molecule has 0 aliphatic heterocycles. The minimum absolute atomic E-state index is 0.277. The molecule has 1 atom stereocenters. The van der Waals surface area contributed by atoms with E-state index in [0.717, 1.165) is 21.2 Å². The third-order valence-corrected chi connectivity index (χ3v) is 4.46. The van der Waals surface area contributed by atoms with Crippen molar-refractivity contribution in [1.29, 1.82) is 0 Å². The molecule has 5 heteroatoms. The van der Waals surface area contributed by atoms with Crippen LogP contribution in [0.1, 0.15) is 23.7 Å². The molecule has 0 saturated heterocycles. The largest absolute Gasteiger partial charge is 0.295 e. The second kappa shape index (κ2) is 5.43. The molecule has 0 N–H and O–H groups in total. The number of aromatic nitrogens is 2. The first-order valence-corrected chi connectivity index (χ1v) is 7.79. The summed E-state index contributed by atoms with van der Waals surface area (Å²) < 4.78 is 16.5. The van der Waals surface area contributed by atoms with E-state index in [-0.39, 0.29) is 11.2 Å². The predicted octanol–water partition coefficient (Wildman–Crippen LogP) is 5.54. The third-order valence-electron chi connectivity index (χ3n) is 3.41. The summed E-state index contributed by atoms with van der Waals surface area (Å²) >= 11 is 9.78. The van der Waals surface area contributed by atoms with E-state index >= 15 is 0 Å². The zero-order chi connectivity index (χ0) is 15.1. The van der Waals surface area contributed by atoms with Gasteiger partial charge in [0.25, 0.3) is 0 Å². The fourth-order valence-corrected chi connectivity index (χ4v) is 2.84. The van der Waals surface area contributed by atoms with Crippen molar-refractivity contribution in [3.63, 3.8) is 0 Å². The van der Waals surface area contributed by atoms with Crippen LogP contribution in [0.25, 0.3) is 16.7 Å². The van der Waals surface area contributed by atoms with E-state index in [0.29, 0.717) is 11.3 Å². The van der Waals surface area contributed by atoms with Crippen molar-refractivity contribution in [2.24, 2.45) is 0 Å². The van der Waals surface area contributed by atoms with E-state index in [9.17, 15) is 4.39 Å². The van der Waals surface area contributed by atoms with Gasteiger partial charge in [0.1, 0.15) is 11.6 Å². The average Bonchev–Trinajstić information content (AvgIpc) is 2.80. The van der Waals surface area contributed by atoms with Gasteiger partial charge in [-0.2, -0.15) is 0 Å². The molecular weight excluding hydrogens is 355 g/mol. The topological polar surface area (TPSA) is 17.8 Å². The Kier molecular flexibility index (Phi) is 3.76. The number of imidazole rings is 1. The number of benzene rings is 2. The highest BCUT2D eigenvalue weighted by Gasteiger charge is 2.17. The van der Waals surface area contributed by atoms with Crippen molar-refractivity contribution in [2.45, 2.75) is 19.2 Å². The molecule has 3 rings (SSSR count). The fraction of sp³-hybridized carbons (Fsp3) is 0.188. The van der Waals surface area contributed by atoms with Gasteiger partial charge in [-0.15, -0.1) is 11.6 Å². The predicted molar refractivity (Wildman–Crippen MR) is 87.7 cm³/mol. The Balaban J connectivity index is 2.35. The summed E-state index contributed by atoms with van der Waals surface area (Å²) in [5.74, 6) is 0.414. The smallest absolute Gasteiger partial charge is 0.132 e. The summed E-state index contributed by atoms with van der Waals surface area (Å²) in [4.78, 5) is 4.53. The fourth-order valence-electron chi connectivity index (χ4n) is 2.33. The molecule has 0 radical (unpaired) electrons.